The van der Waals surface area contributed by atoms with Crippen molar-refractivity contribution >= 4 is 17.5 Å². The van der Waals surface area contributed by atoms with Gasteiger partial charge in [-0.1, -0.05) is 65.2 Å². The lowest BCUT2D eigenvalue weighted by Crippen LogP contribution is -2.46. The van der Waals surface area contributed by atoms with E-state index in [4.69, 9.17) is 11.6 Å². The molecule has 0 bridgehead atoms. The quantitative estimate of drug-likeness (QED) is 0.357. The van der Waals surface area contributed by atoms with E-state index in [1.807, 2.05) is 6.92 Å². The molecule has 0 heterocycles. The second-order valence-corrected chi connectivity index (χ2v) is 6.44. The Balaban J connectivity index is 3.44. The lowest BCUT2D eigenvalue weighted by molar-refractivity contribution is -0.122. The van der Waals surface area contributed by atoms with E-state index < -0.39 is 0 Å². The van der Waals surface area contributed by atoms with Gasteiger partial charge in [-0.2, -0.15) is 0 Å². The molecule has 0 saturated carbocycles. The minimum atomic E-state index is -0.238. The molecule has 1 unspecified atom stereocenters. The van der Waals surface area contributed by atoms with Gasteiger partial charge < -0.3 is 5.32 Å². The molecule has 1 amide bonds. The van der Waals surface area contributed by atoms with Gasteiger partial charge in [-0.15, -0.1) is 11.6 Å². The zero-order chi connectivity index (χ0) is 15.3. The van der Waals surface area contributed by atoms with E-state index in [0.717, 1.165) is 12.8 Å². The fourth-order valence-corrected chi connectivity index (χ4v) is 2.47. The summed E-state index contributed by atoms with van der Waals surface area (Å²) >= 11 is 5.89. The van der Waals surface area contributed by atoms with Gasteiger partial charge in [-0.05, 0) is 19.8 Å². The zero-order valence-corrected chi connectivity index (χ0v) is 14.5. The predicted molar refractivity (Wildman–Crippen MR) is 89.4 cm³/mol. The molecule has 0 aromatic carbocycles. The maximum absolute atomic E-state index is 11.8. The molecule has 0 spiro atoms. The molecule has 1 N–H and O–H groups in total. The van der Waals surface area contributed by atoms with Crippen molar-refractivity contribution in [3.05, 3.63) is 0 Å². The summed E-state index contributed by atoms with van der Waals surface area (Å²) in [6.07, 6.45) is 13.1. The van der Waals surface area contributed by atoms with Crippen molar-refractivity contribution in [1.29, 1.82) is 0 Å². The molecule has 0 rings (SSSR count). The predicted octanol–water partition coefficient (Wildman–Crippen LogP) is 5.43. The van der Waals surface area contributed by atoms with Crippen LogP contribution in [0, 0.1) is 0 Å². The first kappa shape index (κ1) is 19.8. The second kappa shape index (κ2) is 12.5. The van der Waals surface area contributed by atoms with Crippen LogP contribution in [0.5, 0.6) is 0 Å². The molecule has 2 nitrogen and oxygen atoms in total. The van der Waals surface area contributed by atoms with Crippen LogP contribution in [-0.4, -0.2) is 17.3 Å². The Labute approximate surface area is 131 Å². The number of nitrogens with one attached hydrogen (secondary N) is 1. The van der Waals surface area contributed by atoms with Crippen molar-refractivity contribution in [1.82, 2.24) is 5.32 Å². The Hall–Kier alpha value is -0.240. The highest BCUT2D eigenvalue weighted by Gasteiger charge is 2.22. The largest absolute Gasteiger partial charge is 0.350 e. The van der Waals surface area contributed by atoms with Crippen LogP contribution >= 0.6 is 11.6 Å². The van der Waals surface area contributed by atoms with E-state index >= 15 is 0 Å². The van der Waals surface area contributed by atoms with E-state index in [-0.39, 0.29) is 11.4 Å². The van der Waals surface area contributed by atoms with Crippen LogP contribution in [0.25, 0.3) is 0 Å². The van der Waals surface area contributed by atoms with Crippen molar-refractivity contribution < 1.29 is 4.79 Å². The number of amides is 1. The summed E-state index contributed by atoms with van der Waals surface area (Å²) in [7, 11) is 0. The van der Waals surface area contributed by atoms with Gasteiger partial charge in [0.1, 0.15) is 0 Å². The maximum atomic E-state index is 11.8. The molecule has 20 heavy (non-hydrogen) atoms. The molecule has 0 fully saturated rings. The number of hydrogen-bond donors (Lipinski definition) is 1. The molecule has 0 aliphatic rings. The maximum Gasteiger partial charge on any atom is 0.220 e. The van der Waals surface area contributed by atoms with Gasteiger partial charge in [-0.25, -0.2) is 0 Å². The second-order valence-electron chi connectivity index (χ2n) is 6.17. The molecule has 1 atom stereocenters. The normalized spacial score (nSPS) is 14.0. The fraction of sp³-hybridized carbons (Fsp3) is 0.941. The number of carbonyl (C=O) groups excluding carboxylic acids is 1. The van der Waals surface area contributed by atoms with Gasteiger partial charge in [0.25, 0.3) is 0 Å². The van der Waals surface area contributed by atoms with Crippen LogP contribution in [-0.2, 0) is 4.79 Å². The lowest BCUT2D eigenvalue weighted by atomic mass is 10.0. The lowest BCUT2D eigenvalue weighted by Gasteiger charge is -2.27. The van der Waals surface area contributed by atoms with Crippen molar-refractivity contribution in [2.24, 2.45) is 0 Å². The van der Waals surface area contributed by atoms with Crippen LogP contribution in [0.2, 0.25) is 0 Å². The average Bonchev–Trinajstić information content (AvgIpc) is 2.45. The van der Waals surface area contributed by atoms with E-state index in [2.05, 4.69) is 19.2 Å². The number of alkyl halides is 1. The van der Waals surface area contributed by atoms with Crippen LogP contribution in [0.1, 0.15) is 91.4 Å². The molecule has 0 aliphatic carbocycles. The molecular weight excluding hydrogens is 270 g/mol. The third-order valence-electron chi connectivity index (χ3n) is 4.02. The number of halogens is 1. The molecule has 0 saturated heterocycles. The van der Waals surface area contributed by atoms with Crippen LogP contribution in [0.15, 0.2) is 0 Å². The minimum Gasteiger partial charge on any atom is -0.350 e. The van der Waals surface area contributed by atoms with E-state index in [1.165, 1.54) is 51.4 Å². The van der Waals surface area contributed by atoms with Crippen LogP contribution in [0.4, 0.5) is 0 Å². The third kappa shape index (κ3) is 10.5. The highest BCUT2D eigenvalue weighted by atomic mass is 35.5. The summed E-state index contributed by atoms with van der Waals surface area (Å²) in [5.74, 6) is 0.630. The number of carbonyl (C=O) groups is 1. The molecule has 120 valence electrons. The van der Waals surface area contributed by atoms with Gasteiger partial charge in [0.2, 0.25) is 5.91 Å². The van der Waals surface area contributed by atoms with Crippen molar-refractivity contribution in [3.63, 3.8) is 0 Å². The van der Waals surface area contributed by atoms with Gasteiger partial charge in [0.15, 0.2) is 0 Å². The minimum absolute atomic E-state index is 0.151. The summed E-state index contributed by atoms with van der Waals surface area (Å²) in [5.41, 5.74) is -0.238. The molecule has 0 aromatic rings. The number of hydrogen-bond acceptors (Lipinski definition) is 1. The Kier molecular flexibility index (Phi) is 12.3. The Bertz CT molecular complexity index is 239. The number of unbranched alkanes of at least 4 members (excludes halogenated alkanes) is 8. The molecular formula is C17H34ClNO. The first-order valence-electron chi connectivity index (χ1n) is 8.45. The monoisotopic (exact) mass is 303 g/mol. The van der Waals surface area contributed by atoms with Gasteiger partial charge in [-0.3, -0.25) is 4.79 Å². The van der Waals surface area contributed by atoms with E-state index in [0.29, 0.717) is 12.3 Å². The molecule has 0 aliphatic heterocycles. The highest BCUT2D eigenvalue weighted by Crippen LogP contribution is 2.13. The van der Waals surface area contributed by atoms with Crippen molar-refractivity contribution in [2.75, 3.05) is 5.88 Å². The zero-order valence-electron chi connectivity index (χ0n) is 13.8. The summed E-state index contributed by atoms with van der Waals surface area (Å²) in [4.78, 5) is 11.8. The van der Waals surface area contributed by atoms with Gasteiger partial charge in [0.05, 0.1) is 5.54 Å². The summed E-state index contributed by atoms with van der Waals surface area (Å²) in [5, 5.41) is 3.05. The average molecular weight is 304 g/mol. The van der Waals surface area contributed by atoms with E-state index in [9.17, 15) is 4.79 Å². The Morgan fingerprint density at radius 3 is 1.90 bits per heavy atom. The molecule has 3 heteroatoms. The van der Waals surface area contributed by atoms with Crippen LogP contribution in [0.3, 0.4) is 0 Å². The Morgan fingerprint density at radius 1 is 0.950 bits per heavy atom. The topological polar surface area (TPSA) is 29.1 Å². The van der Waals surface area contributed by atoms with Crippen LogP contribution < -0.4 is 5.32 Å². The summed E-state index contributed by atoms with van der Waals surface area (Å²) in [6, 6.07) is 0. The smallest absolute Gasteiger partial charge is 0.220 e. The first-order valence-corrected chi connectivity index (χ1v) is 8.98. The summed E-state index contributed by atoms with van der Waals surface area (Å²) in [6.45, 7) is 6.31. The third-order valence-corrected chi connectivity index (χ3v) is 4.61. The standard InChI is InChI=1S/C17H34ClNO/c1-4-6-7-8-9-10-11-12-13-14-16(20)19-17(3,5-2)15-18/h4-15H2,1-3H3,(H,19,20). The van der Waals surface area contributed by atoms with Crippen molar-refractivity contribution in [2.45, 2.75) is 96.9 Å². The van der Waals surface area contributed by atoms with E-state index in [1.54, 1.807) is 0 Å². The molecule has 0 aromatic heterocycles. The Morgan fingerprint density at radius 2 is 1.45 bits per heavy atom. The first-order chi connectivity index (χ1) is 9.58. The van der Waals surface area contributed by atoms with Crippen molar-refractivity contribution in [3.8, 4) is 0 Å². The highest BCUT2D eigenvalue weighted by molar-refractivity contribution is 6.18. The van der Waals surface area contributed by atoms with Gasteiger partial charge >= 0.3 is 0 Å². The fourth-order valence-electron chi connectivity index (χ4n) is 2.21. The van der Waals surface area contributed by atoms with Gasteiger partial charge in [0, 0.05) is 12.3 Å². The SMILES string of the molecule is CCCCCCCCCCCC(=O)NC(C)(CC)CCl. The summed E-state index contributed by atoms with van der Waals surface area (Å²) < 4.78 is 0. The number of rotatable bonds is 13. The molecule has 0 radical (unpaired) electrons.